The third-order valence-corrected chi connectivity index (χ3v) is 3.97. The van der Waals surface area contributed by atoms with Gasteiger partial charge in [0.25, 0.3) is 0 Å². The van der Waals surface area contributed by atoms with Gasteiger partial charge in [-0.25, -0.2) is 0 Å². The number of nitrogens with two attached hydrogens (primary N) is 1. The van der Waals surface area contributed by atoms with Crippen LogP contribution in [0.2, 0.25) is 0 Å². The van der Waals surface area contributed by atoms with E-state index in [1.807, 2.05) is 0 Å². The molecule has 0 spiro atoms. The smallest absolute Gasteiger partial charge is 0.122 e. The molecule has 0 aromatic heterocycles. The molecule has 0 saturated heterocycles. The van der Waals surface area contributed by atoms with Crippen LogP contribution in [0, 0.1) is 27.7 Å². The zero-order valence-corrected chi connectivity index (χ0v) is 12.9. The molecule has 0 aliphatic rings. The third kappa shape index (κ3) is 2.56. The van der Waals surface area contributed by atoms with Crippen LogP contribution in [0.4, 0.5) is 0 Å². The van der Waals surface area contributed by atoms with E-state index in [1.165, 1.54) is 27.8 Å². The molecular weight excluding hydrogens is 246 g/mol. The predicted molar refractivity (Wildman–Crippen MR) is 84.4 cm³/mol. The van der Waals surface area contributed by atoms with Gasteiger partial charge in [0.15, 0.2) is 0 Å². The van der Waals surface area contributed by atoms with Gasteiger partial charge >= 0.3 is 0 Å². The number of hydrogen-bond acceptors (Lipinski definition) is 2. The molecule has 0 radical (unpaired) electrons. The molecule has 1 unspecified atom stereocenters. The van der Waals surface area contributed by atoms with Crippen molar-refractivity contribution < 1.29 is 4.74 Å². The highest BCUT2D eigenvalue weighted by Crippen LogP contribution is 2.31. The summed E-state index contributed by atoms with van der Waals surface area (Å²) in [4.78, 5) is 0. The van der Waals surface area contributed by atoms with Crippen LogP contribution in [-0.4, -0.2) is 7.11 Å². The number of rotatable bonds is 3. The summed E-state index contributed by atoms with van der Waals surface area (Å²) < 4.78 is 5.37. The Morgan fingerprint density at radius 3 is 2.05 bits per heavy atom. The third-order valence-electron chi connectivity index (χ3n) is 3.97. The minimum absolute atomic E-state index is 0.0965. The average Bonchev–Trinajstić information content (AvgIpc) is 2.40. The van der Waals surface area contributed by atoms with Crippen LogP contribution in [0.5, 0.6) is 5.75 Å². The highest BCUT2D eigenvalue weighted by molar-refractivity contribution is 5.48. The first kappa shape index (κ1) is 14.6. The van der Waals surface area contributed by atoms with Gasteiger partial charge in [0, 0.05) is 0 Å². The topological polar surface area (TPSA) is 35.2 Å². The minimum Gasteiger partial charge on any atom is -0.496 e. The fourth-order valence-corrected chi connectivity index (χ4v) is 2.84. The number of aryl methyl sites for hydroxylation is 4. The molecule has 0 aliphatic carbocycles. The molecule has 0 bridgehead atoms. The lowest BCUT2D eigenvalue weighted by Gasteiger charge is -2.21. The molecule has 0 saturated carbocycles. The second-order valence-corrected chi connectivity index (χ2v) is 5.46. The van der Waals surface area contributed by atoms with E-state index in [0.29, 0.717) is 0 Å². The SMILES string of the molecule is COc1cc(C)c(C(N)c2c(C)cccc2C)cc1C. The van der Waals surface area contributed by atoms with Crippen molar-refractivity contribution >= 4 is 0 Å². The summed E-state index contributed by atoms with van der Waals surface area (Å²) in [6.07, 6.45) is 0. The average molecular weight is 269 g/mol. The van der Waals surface area contributed by atoms with Crippen molar-refractivity contribution in [3.63, 3.8) is 0 Å². The van der Waals surface area contributed by atoms with Crippen molar-refractivity contribution in [2.75, 3.05) is 7.11 Å². The number of methoxy groups -OCH3 is 1. The van der Waals surface area contributed by atoms with Crippen molar-refractivity contribution in [2.24, 2.45) is 5.73 Å². The van der Waals surface area contributed by atoms with Gasteiger partial charge in [-0.1, -0.05) is 24.3 Å². The quantitative estimate of drug-likeness (QED) is 0.914. The van der Waals surface area contributed by atoms with Crippen molar-refractivity contribution in [3.05, 3.63) is 63.7 Å². The van der Waals surface area contributed by atoms with Gasteiger partial charge in [-0.2, -0.15) is 0 Å². The maximum atomic E-state index is 6.54. The largest absolute Gasteiger partial charge is 0.496 e. The molecule has 0 aliphatic heterocycles. The van der Waals surface area contributed by atoms with E-state index < -0.39 is 0 Å². The van der Waals surface area contributed by atoms with Crippen molar-refractivity contribution in [1.82, 2.24) is 0 Å². The van der Waals surface area contributed by atoms with Gasteiger partial charge in [-0.15, -0.1) is 0 Å². The van der Waals surface area contributed by atoms with E-state index in [9.17, 15) is 0 Å². The zero-order valence-electron chi connectivity index (χ0n) is 12.9. The van der Waals surface area contributed by atoms with Crippen LogP contribution in [0.15, 0.2) is 30.3 Å². The molecule has 2 heteroatoms. The van der Waals surface area contributed by atoms with E-state index in [2.05, 4.69) is 58.0 Å². The molecule has 20 heavy (non-hydrogen) atoms. The molecule has 106 valence electrons. The van der Waals surface area contributed by atoms with E-state index in [-0.39, 0.29) is 6.04 Å². The first-order chi connectivity index (χ1) is 9.45. The van der Waals surface area contributed by atoms with Gasteiger partial charge < -0.3 is 10.5 Å². The van der Waals surface area contributed by atoms with Gasteiger partial charge in [-0.05, 0) is 67.1 Å². The second-order valence-electron chi connectivity index (χ2n) is 5.46. The molecule has 2 aromatic carbocycles. The fourth-order valence-electron chi connectivity index (χ4n) is 2.84. The minimum atomic E-state index is -0.0965. The number of benzene rings is 2. The summed E-state index contributed by atoms with van der Waals surface area (Å²) in [7, 11) is 1.70. The summed E-state index contributed by atoms with van der Waals surface area (Å²) in [6.45, 7) is 8.38. The Morgan fingerprint density at radius 2 is 1.50 bits per heavy atom. The fraction of sp³-hybridized carbons (Fsp3) is 0.333. The molecule has 0 amide bonds. The summed E-state index contributed by atoms with van der Waals surface area (Å²) in [5.41, 5.74) is 13.7. The Bertz CT molecular complexity index is 611. The van der Waals surface area contributed by atoms with Crippen molar-refractivity contribution in [2.45, 2.75) is 33.7 Å². The second kappa shape index (κ2) is 5.68. The monoisotopic (exact) mass is 269 g/mol. The summed E-state index contributed by atoms with van der Waals surface area (Å²) in [6, 6.07) is 10.4. The molecule has 0 heterocycles. The molecule has 0 fully saturated rings. The van der Waals surface area contributed by atoms with Crippen LogP contribution < -0.4 is 10.5 Å². The van der Waals surface area contributed by atoms with Crippen molar-refractivity contribution in [1.29, 1.82) is 0 Å². The van der Waals surface area contributed by atoms with Crippen LogP contribution in [0.3, 0.4) is 0 Å². The molecule has 2 aromatic rings. The zero-order chi connectivity index (χ0) is 14.9. The molecule has 1 atom stereocenters. The Balaban J connectivity index is 2.54. The van der Waals surface area contributed by atoms with Crippen molar-refractivity contribution in [3.8, 4) is 5.75 Å². The first-order valence-electron chi connectivity index (χ1n) is 6.92. The predicted octanol–water partition coefficient (Wildman–Crippen LogP) is 3.98. The van der Waals surface area contributed by atoms with Crippen LogP contribution in [0.25, 0.3) is 0 Å². The normalized spacial score (nSPS) is 12.3. The Kier molecular flexibility index (Phi) is 4.15. The number of ether oxygens (including phenoxy) is 1. The van der Waals surface area contributed by atoms with Crippen LogP contribution >= 0.6 is 0 Å². The van der Waals surface area contributed by atoms with Gasteiger partial charge in [0.05, 0.1) is 13.2 Å². The lowest BCUT2D eigenvalue weighted by molar-refractivity contribution is 0.411. The lowest BCUT2D eigenvalue weighted by atomic mass is 9.89. The molecular formula is C18H23NO. The van der Waals surface area contributed by atoms with Crippen LogP contribution in [0.1, 0.15) is 39.4 Å². The standard InChI is InChI=1S/C18H23NO/c1-11-7-6-8-12(2)17(11)18(19)15-9-14(4)16(20-5)10-13(15)3/h6-10,18H,19H2,1-5H3. The number of hydrogen-bond donors (Lipinski definition) is 1. The highest BCUT2D eigenvalue weighted by Gasteiger charge is 2.17. The molecule has 2 rings (SSSR count). The Hall–Kier alpha value is -1.80. The summed E-state index contributed by atoms with van der Waals surface area (Å²) >= 11 is 0. The van der Waals surface area contributed by atoms with Gasteiger partial charge in [-0.3, -0.25) is 0 Å². The maximum Gasteiger partial charge on any atom is 0.122 e. The van der Waals surface area contributed by atoms with Gasteiger partial charge in [0.1, 0.15) is 5.75 Å². The van der Waals surface area contributed by atoms with E-state index in [0.717, 1.165) is 11.3 Å². The van der Waals surface area contributed by atoms with E-state index in [1.54, 1.807) is 7.11 Å². The Labute approximate surface area is 121 Å². The highest BCUT2D eigenvalue weighted by atomic mass is 16.5. The molecule has 2 N–H and O–H groups in total. The van der Waals surface area contributed by atoms with Crippen LogP contribution in [-0.2, 0) is 0 Å². The first-order valence-corrected chi connectivity index (χ1v) is 6.92. The summed E-state index contributed by atoms with van der Waals surface area (Å²) in [5, 5.41) is 0. The maximum absolute atomic E-state index is 6.54. The Morgan fingerprint density at radius 1 is 0.900 bits per heavy atom. The van der Waals surface area contributed by atoms with Gasteiger partial charge in [0.2, 0.25) is 0 Å². The van der Waals surface area contributed by atoms with E-state index >= 15 is 0 Å². The summed E-state index contributed by atoms with van der Waals surface area (Å²) in [5.74, 6) is 0.917. The molecule has 2 nitrogen and oxygen atoms in total. The lowest BCUT2D eigenvalue weighted by Crippen LogP contribution is -2.16. The van der Waals surface area contributed by atoms with E-state index in [4.69, 9.17) is 10.5 Å².